The molecule has 0 bridgehead atoms. The molecule has 1 fully saturated rings. The first-order chi connectivity index (χ1) is 8.04. The highest BCUT2D eigenvalue weighted by Gasteiger charge is 2.32. The summed E-state index contributed by atoms with van der Waals surface area (Å²) in [6, 6.07) is 0. The number of Topliss-reactive ketones (excluding diaryl/α,β-unsaturated/α-hetero) is 2. The minimum Gasteiger partial charge on any atom is -0.299 e. The molecular formula is C13H15FO2S. The summed E-state index contributed by atoms with van der Waals surface area (Å²) in [5, 5.41) is 0. The molecule has 0 N–H and O–H groups in total. The van der Waals surface area contributed by atoms with Crippen molar-refractivity contribution in [1.82, 2.24) is 0 Å². The summed E-state index contributed by atoms with van der Waals surface area (Å²) in [7, 11) is 0. The van der Waals surface area contributed by atoms with Crippen LogP contribution in [0.2, 0.25) is 0 Å². The standard InChI is InChI=1S/C13H15FO2S/c1-3-11-7(2)12(14)13(17-11)10(16)6-9(15)8-4-5-8/h8H,3-6H2,1-2H3. The van der Waals surface area contributed by atoms with Gasteiger partial charge in [-0.05, 0) is 31.7 Å². The molecule has 0 unspecified atom stereocenters. The Bertz CT molecular complexity index is 472. The number of rotatable bonds is 5. The fourth-order valence-corrected chi connectivity index (χ4v) is 2.90. The third-order valence-electron chi connectivity index (χ3n) is 3.11. The van der Waals surface area contributed by atoms with Crippen molar-refractivity contribution < 1.29 is 14.0 Å². The molecule has 1 aromatic rings. The smallest absolute Gasteiger partial charge is 0.183 e. The molecule has 1 aromatic heterocycles. The molecule has 0 aliphatic heterocycles. The van der Waals surface area contributed by atoms with Crippen LogP contribution in [-0.2, 0) is 11.2 Å². The molecule has 1 saturated carbocycles. The van der Waals surface area contributed by atoms with Crippen molar-refractivity contribution in [2.24, 2.45) is 5.92 Å². The third kappa shape index (κ3) is 2.46. The highest BCUT2D eigenvalue weighted by molar-refractivity contribution is 7.14. The van der Waals surface area contributed by atoms with Crippen LogP contribution in [0.5, 0.6) is 0 Å². The van der Waals surface area contributed by atoms with E-state index in [1.165, 1.54) is 11.3 Å². The average molecular weight is 254 g/mol. The number of thiophene rings is 1. The normalized spacial score (nSPS) is 15.0. The van der Waals surface area contributed by atoms with Crippen molar-refractivity contribution in [3.63, 3.8) is 0 Å². The number of hydrogen-bond acceptors (Lipinski definition) is 3. The summed E-state index contributed by atoms with van der Waals surface area (Å²) in [5.41, 5.74) is 0.555. The second-order valence-electron chi connectivity index (χ2n) is 4.49. The molecule has 92 valence electrons. The predicted molar refractivity (Wildman–Crippen MR) is 65.1 cm³/mol. The monoisotopic (exact) mass is 254 g/mol. The second kappa shape index (κ2) is 4.69. The Balaban J connectivity index is 2.15. The number of carbonyl (C=O) groups excluding carboxylic acids is 2. The number of halogens is 1. The topological polar surface area (TPSA) is 34.1 Å². The largest absolute Gasteiger partial charge is 0.299 e. The van der Waals surface area contributed by atoms with E-state index < -0.39 is 5.82 Å². The van der Waals surface area contributed by atoms with E-state index in [1.54, 1.807) is 6.92 Å². The molecule has 0 aromatic carbocycles. The molecule has 0 atom stereocenters. The zero-order valence-electron chi connectivity index (χ0n) is 10.0. The molecule has 1 heterocycles. The fourth-order valence-electron chi connectivity index (χ4n) is 1.84. The first-order valence-corrected chi connectivity index (χ1v) is 6.69. The van der Waals surface area contributed by atoms with E-state index in [2.05, 4.69) is 0 Å². The van der Waals surface area contributed by atoms with Gasteiger partial charge in [-0.1, -0.05) is 6.92 Å². The Labute approximate surface area is 104 Å². The molecule has 0 spiro atoms. The maximum Gasteiger partial charge on any atom is 0.183 e. The van der Waals surface area contributed by atoms with Crippen molar-refractivity contribution in [2.45, 2.75) is 39.5 Å². The number of hydrogen-bond donors (Lipinski definition) is 0. The molecule has 17 heavy (non-hydrogen) atoms. The van der Waals surface area contributed by atoms with Gasteiger partial charge in [0.2, 0.25) is 0 Å². The van der Waals surface area contributed by atoms with Gasteiger partial charge in [-0.15, -0.1) is 11.3 Å². The molecule has 1 aliphatic rings. The van der Waals surface area contributed by atoms with Crippen molar-refractivity contribution in [3.05, 3.63) is 21.1 Å². The van der Waals surface area contributed by atoms with E-state index in [0.29, 0.717) is 5.56 Å². The van der Waals surface area contributed by atoms with Crippen LogP contribution < -0.4 is 0 Å². The number of carbonyl (C=O) groups is 2. The summed E-state index contributed by atoms with van der Waals surface area (Å²) in [5.74, 6) is -0.750. The van der Waals surface area contributed by atoms with Gasteiger partial charge in [0, 0.05) is 10.8 Å². The van der Waals surface area contributed by atoms with Gasteiger partial charge < -0.3 is 0 Å². The van der Waals surface area contributed by atoms with E-state index in [0.717, 1.165) is 24.1 Å². The Kier molecular flexibility index (Phi) is 3.43. The van der Waals surface area contributed by atoms with Gasteiger partial charge in [0.25, 0.3) is 0 Å². The SMILES string of the molecule is CCc1sc(C(=O)CC(=O)C2CC2)c(F)c1C. The Hall–Kier alpha value is -1.03. The Morgan fingerprint density at radius 1 is 1.41 bits per heavy atom. The predicted octanol–water partition coefficient (Wildman–Crippen LogP) is 3.31. The Morgan fingerprint density at radius 3 is 2.53 bits per heavy atom. The second-order valence-corrected chi connectivity index (χ2v) is 5.59. The van der Waals surface area contributed by atoms with Crippen LogP contribution in [0.15, 0.2) is 0 Å². The van der Waals surface area contributed by atoms with E-state index in [-0.39, 0.29) is 28.8 Å². The van der Waals surface area contributed by atoms with Gasteiger partial charge >= 0.3 is 0 Å². The molecule has 4 heteroatoms. The van der Waals surface area contributed by atoms with Crippen molar-refractivity contribution in [1.29, 1.82) is 0 Å². The van der Waals surface area contributed by atoms with Gasteiger partial charge in [-0.25, -0.2) is 4.39 Å². The van der Waals surface area contributed by atoms with Crippen LogP contribution in [0.4, 0.5) is 4.39 Å². The van der Waals surface area contributed by atoms with Gasteiger partial charge in [-0.3, -0.25) is 9.59 Å². The molecule has 0 saturated heterocycles. The lowest BCUT2D eigenvalue weighted by Gasteiger charge is -1.96. The minimum atomic E-state index is -0.430. The highest BCUT2D eigenvalue weighted by Crippen LogP contribution is 2.33. The van der Waals surface area contributed by atoms with Crippen LogP contribution >= 0.6 is 11.3 Å². The first-order valence-electron chi connectivity index (χ1n) is 5.88. The van der Waals surface area contributed by atoms with Gasteiger partial charge in [0.15, 0.2) is 5.78 Å². The van der Waals surface area contributed by atoms with Gasteiger partial charge in [0.1, 0.15) is 16.5 Å². The fraction of sp³-hybridized carbons (Fsp3) is 0.538. The first kappa shape index (κ1) is 12.4. The maximum atomic E-state index is 13.8. The summed E-state index contributed by atoms with van der Waals surface area (Å²) >= 11 is 1.19. The maximum absolute atomic E-state index is 13.8. The van der Waals surface area contributed by atoms with Crippen LogP contribution in [0.3, 0.4) is 0 Å². The van der Waals surface area contributed by atoms with Crippen LogP contribution in [0.25, 0.3) is 0 Å². The van der Waals surface area contributed by atoms with Crippen LogP contribution in [-0.4, -0.2) is 11.6 Å². The lowest BCUT2D eigenvalue weighted by atomic mass is 10.1. The zero-order valence-corrected chi connectivity index (χ0v) is 10.8. The number of aryl methyl sites for hydroxylation is 1. The lowest BCUT2D eigenvalue weighted by Crippen LogP contribution is -2.09. The summed E-state index contributed by atoms with van der Waals surface area (Å²) in [4.78, 5) is 24.4. The molecule has 1 aliphatic carbocycles. The van der Waals surface area contributed by atoms with Crippen LogP contribution in [0, 0.1) is 18.7 Å². The Morgan fingerprint density at radius 2 is 2.06 bits per heavy atom. The average Bonchev–Trinajstić information content (AvgIpc) is 3.09. The number of ketones is 2. The van der Waals surface area contributed by atoms with Crippen LogP contribution in [0.1, 0.15) is 46.3 Å². The third-order valence-corrected chi connectivity index (χ3v) is 4.57. The highest BCUT2D eigenvalue weighted by atomic mass is 32.1. The van der Waals surface area contributed by atoms with E-state index in [4.69, 9.17) is 0 Å². The summed E-state index contributed by atoms with van der Waals surface area (Å²) in [6.45, 7) is 3.62. The lowest BCUT2D eigenvalue weighted by molar-refractivity contribution is -0.119. The van der Waals surface area contributed by atoms with E-state index in [1.807, 2.05) is 6.92 Å². The van der Waals surface area contributed by atoms with Crippen molar-refractivity contribution in [2.75, 3.05) is 0 Å². The summed E-state index contributed by atoms with van der Waals surface area (Å²) in [6.07, 6.45) is 2.36. The van der Waals surface area contributed by atoms with Gasteiger partial charge in [0.05, 0.1) is 6.42 Å². The molecule has 0 radical (unpaired) electrons. The minimum absolute atomic E-state index is 0.0292. The zero-order chi connectivity index (χ0) is 12.6. The molecule has 2 rings (SSSR count). The molecular weight excluding hydrogens is 239 g/mol. The quantitative estimate of drug-likeness (QED) is 0.596. The van der Waals surface area contributed by atoms with E-state index in [9.17, 15) is 14.0 Å². The van der Waals surface area contributed by atoms with Crippen molar-refractivity contribution in [3.8, 4) is 0 Å². The molecule has 2 nitrogen and oxygen atoms in total. The van der Waals surface area contributed by atoms with E-state index >= 15 is 0 Å². The van der Waals surface area contributed by atoms with Gasteiger partial charge in [-0.2, -0.15) is 0 Å². The molecule has 0 amide bonds. The summed E-state index contributed by atoms with van der Waals surface area (Å²) < 4.78 is 13.8. The van der Waals surface area contributed by atoms with Crippen molar-refractivity contribution >= 4 is 22.9 Å².